The summed E-state index contributed by atoms with van der Waals surface area (Å²) in [6.45, 7) is 2.63. The van der Waals surface area contributed by atoms with E-state index in [1.807, 2.05) is 0 Å². The molecule has 0 amide bonds. The van der Waals surface area contributed by atoms with Crippen LogP contribution >= 0.6 is 0 Å². The van der Waals surface area contributed by atoms with Gasteiger partial charge in [-0.2, -0.15) is 8.42 Å². The Morgan fingerprint density at radius 2 is 1.15 bits per heavy atom. The van der Waals surface area contributed by atoms with Crippen molar-refractivity contribution in [3.63, 3.8) is 0 Å². The number of rotatable bonds is 11. The number of hydrogen-bond donors (Lipinski definition) is 3. The molecule has 0 bridgehead atoms. The topological polar surface area (TPSA) is 112 Å². The SMILES string of the molecule is CCCCCCCCCCCCO.O=S(O)S(=O)(=O)O. The molecule has 0 heterocycles. The molecule has 0 aliphatic rings. The van der Waals surface area contributed by atoms with Gasteiger partial charge in [-0.1, -0.05) is 64.7 Å². The summed E-state index contributed by atoms with van der Waals surface area (Å²) < 4.78 is 43.0. The van der Waals surface area contributed by atoms with E-state index in [0.717, 1.165) is 6.42 Å². The third kappa shape index (κ3) is 20.3. The highest BCUT2D eigenvalue weighted by Gasteiger charge is 2.10. The van der Waals surface area contributed by atoms with Gasteiger partial charge in [-0.05, 0) is 6.42 Å². The van der Waals surface area contributed by atoms with Crippen LogP contribution in [-0.4, -0.2) is 33.4 Å². The highest BCUT2D eigenvalue weighted by Crippen LogP contribution is 2.09. The molecule has 0 aliphatic heterocycles. The highest BCUT2D eigenvalue weighted by atomic mass is 33.2. The fourth-order valence-corrected chi connectivity index (χ4v) is 1.60. The third-order valence-electron chi connectivity index (χ3n) is 2.69. The van der Waals surface area contributed by atoms with Crippen molar-refractivity contribution in [2.45, 2.75) is 71.1 Å². The van der Waals surface area contributed by atoms with Crippen molar-refractivity contribution in [1.29, 1.82) is 0 Å². The molecule has 8 heteroatoms. The van der Waals surface area contributed by atoms with E-state index >= 15 is 0 Å². The van der Waals surface area contributed by atoms with E-state index < -0.39 is 19.3 Å². The minimum atomic E-state index is -4.71. The van der Waals surface area contributed by atoms with Crippen molar-refractivity contribution in [2.24, 2.45) is 0 Å². The van der Waals surface area contributed by atoms with Crippen LogP contribution in [0.4, 0.5) is 0 Å². The van der Waals surface area contributed by atoms with Crippen molar-refractivity contribution in [1.82, 2.24) is 0 Å². The number of aliphatic hydroxyl groups is 1. The minimum Gasteiger partial charge on any atom is -0.396 e. The first-order valence-corrected chi connectivity index (χ1v) is 10.1. The second kappa shape index (κ2) is 15.4. The van der Waals surface area contributed by atoms with Crippen molar-refractivity contribution >= 4 is 19.3 Å². The first-order valence-electron chi connectivity index (χ1n) is 7.06. The molecule has 1 atom stereocenters. The van der Waals surface area contributed by atoms with Gasteiger partial charge in [-0.3, -0.25) is 9.11 Å². The highest BCUT2D eigenvalue weighted by molar-refractivity contribution is 8.59. The van der Waals surface area contributed by atoms with E-state index in [4.69, 9.17) is 14.2 Å². The van der Waals surface area contributed by atoms with Gasteiger partial charge < -0.3 is 5.11 Å². The molecule has 0 rings (SSSR count). The Hall–Kier alpha value is -0.0200. The summed E-state index contributed by atoms with van der Waals surface area (Å²) in [4.78, 5) is 0. The first-order chi connectivity index (χ1) is 9.36. The normalized spacial score (nSPS) is 12.6. The van der Waals surface area contributed by atoms with Gasteiger partial charge >= 0.3 is 19.3 Å². The molecule has 1 unspecified atom stereocenters. The van der Waals surface area contributed by atoms with Crippen molar-refractivity contribution in [2.75, 3.05) is 6.61 Å². The Bertz CT molecular complexity index is 306. The van der Waals surface area contributed by atoms with E-state index in [1.54, 1.807) is 0 Å². The summed E-state index contributed by atoms with van der Waals surface area (Å²) in [5.74, 6) is 0. The summed E-state index contributed by atoms with van der Waals surface area (Å²) in [6.07, 6.45) is 13.3. The van der Waals surface area contributed by atoms with E-state index in [9.17, 15) is 12.6 Å². The molecular formula is C12H28O6S2. The van der Waals surface area contributed by atoms with Crippen LogP contribution in [0.2, 0.25) is 0 Å². The van der Waals surface area contributed by atoms with Crippen LogP contribution in [0, 0.1) is 0 Å². The molecule has 0 saturated heterocycles. The van der Waals surface area contributed by atoms with Gasteiger partial charge in [0.25, 0.3) is 0 Å². The van der Waals surface area contributed by atoms with Crippen LogP contribution in [0.5, 0.6) is 0 Å². The zero-order valence-corrected chi connectivity index (χ0v) is 13.8. The predicted octanol–water partition coefficient (Wildman–Crippen LogP) is 2.91. The molecule has 3 N–H and O–H groups in total. The number of aliphatic hydroxyl groups excluding tert-OH is 1. The molecule has 20 heavy (non-hydrogen) atoms. The van der Waals surface area contributed by atoms with Gasteiger partial charge in [0.05, 0.1) is 0 Å². The molecule has 0 fully saturated rings. The van der Waals surface area contributed by atoms with Crippen molar-refractivity contribution in [3.05, 3.63) is 0 Å². The van der Waals surface area contributed by atoms with Crippen LogP contribution in [-0.2, 0) is 19.3 Å². The molecule has 124 valence electrons. The molecule has 0 spiro atoms. The maximum absolute atomic E-state index is 9.34. The Morgan fingerprint density at radius 3 is 1.40 bits per heavy atom. The van der Waals surface area contributed by atoms with Gasteiger partial charge in [-0.15, -0.1) is 0 Å². The monoisotopic (exact) mass is 332 g/mol. The zero-order valence-electron chi connectivity index (χ0n) is 12.2. The van der Waals surface area contributed by atoms with Gasteiger partial charge in [-0.25, -0.2) is 4.21 Å². The smallest absolute Gasteiger partial charge is 0.373 e. The maximum Gasteiger partial charge on any atom is 0.373 e. The largest absolute Gasteiger partial charge is 0.396 e. The van der Waals surface area contributed by atoms with Crippen LogP contribution in [0.15, 0.2) is 0 Å². The van der Waals surface area contributed by atoms with E-state index in [2.05, 4.69) is 6.92 Å². The van der Waals surface area contributed by atoms with Crippen molar-refractivity contribution in [3.8, 4) is 0 Å². The second-order valence-electron chi connectivity index (χ2n) is 4.55. The van der Waals surface area contributed by atoms with Gasteiger partial charge in [0, 0.05) is 6.61 Å². The van der Waals surface area contributed by atoms with Crippen LogP contribution in [0.25, 0.3) is 0 Å². The van der Waals surface area contributed by atoms with Crippen LogP contribution in [0.1, 0.15) is 71.1 Å². The lowest BCUT2D eigenvalue weighted by Crippen LogP contribution is -2.03. The summed E-state index contributed by atoms with van der Waals surface area (Å²) in [5, 5.41) is 8.57. The molecule has 0 aromatic rings. The average molecular weight is 332 g/mol. The Balaban J connectivity index is 0. The molecular weight excluding hydrogens is 304 g/mol. The molecule has 0 aromatic carbocycles. The zero-order chi connectivity index (χ0) is 15.9. The summed E-state index contributed by atoms with van der Waals surface area (Å²) in [5.41, 5.74) is 0. The number of unbranched alkanes of at least 4 members (excludes halogenated alkanes) is 9. The standard InChI is InChI=1S/C12H26O.H2O5S2/c1-2-3-4-5-6-7-8-9-10-11-12-13;1-6(2)7(3,4)5/h13H,2-12H2,1H3;(H,1,2)(H,3,4,5). The lowest BCUT2D eigenvalue weighted by Gasteiger charge is -2.00. The quantitative estimate of drug-likeness (QED) is 0.232. The van der Waals surface area contributed by atoms with E-state index in [1.165, 1.54) is 57.8 Å². The predicted molar refractivity (Wildman–Crippen MR) is 81.2 cm³/mol. The summed E-state index contributed by atoms with van der Waals surface area (Å²) >= 11 is 0. The van der Waals surface area contributed by atoms with E-state index in [0.29, 0.717) is 6.61 Å². The average Bonchev–Trinajstić information content (AvgIpc) is 2.36. The molecule has 6 nitrogen and oxygen atoms in total. The van der Waals surface area contributed by atoms with E-state index in [-0.39, 0.29) is 0 Å². The number of hydrogen-bond acceptors (Lipinski definition) is 4. The lowest BCUT2D eigenvalue weighted by molar-refractivity contribution is 0.282. The Morgan fingerprint density at radius 1 is 0.850 bits per heavy atom. The third-order valence-corrected chi connectivity index (χ3v) is 4.13. The molecule has 0 aromatic heterocycles. The molecule has 0 saturated carbocycles. The second-order valence-corrected chi connectivity index (χ2v) is 7.96. The first kappa shape index (κ1) is 22.3. The van der Waals surface area contributed by atoms with Crippen LogP contribution < -0.4 is 0 Å². The minimum absolute atomic E-state index is 0.372. The van der Waals surface area contributed by atoms with Gasteiger partial charge in [0.2, 0.25) is 0 Å². The maximum atomic E-state index is 9.34. The van der Waals surface area contributed by atoms with Gasteiger partial charge in [0.15, 0.2) is 0 Å². The van der Waals surface area contributed by atoms with Gasteiger partial charge in [0.1, 0.15) is 0 Å². The summed E-state index contributed by atoms with van der Waals surface area (Å²) in [6, 6.07) is 0. The fourth-order valence-electron chi connectivity index (χ4n) is 1.60. The molecule has 0 aliphatic carbocycles. The summed E-state index contributed by atoms with van der Waals surface area (Å²) in [7, 11) is -7.87. The Labute approximate surface area is 124 Å². The molecule has 0 radical (unpaired) electrons. The Kier molecular flexibility index (Phi) is 17.1. The lowest BCUT2D eigenvalue weighted by atomic mass is 10.1. The fraction of sp³-hybridized carbons (Fsp3) is 1.00. The van der Waals surface area contributed by atoms with Crippen molar-refractivity contribution < 1.29 is 26.8 Å². The van der Waals surface area contributed by atoms with Crippen LogP contribution in [0.3, 0.4) is 0 Å².